The quantitative estimate of drug-likeness (QED) is 0.410. The maximum atomic E-state index is 13.3. The molecule has 5 rings (SSSR count). The van der Waals surface area contributed by atoms with Crippen LogP contribution in [0, 0.1) is 11.8 Å². The normalized spacial score (nSPS) is 29.1. The highest BCUT2D eigenvalue weighted by atomic mass is 32.2. The predicted molar refractivity (Wildman–Crippen MR) is 136 cm³/mol. The largest absolute Gasteiger partial charge is 0.490 e. The van der Waals surface area contributed by atoms with Gasteiger partial charge in [-0.05, 0) is 56.8 Å². The number of fused-ring (bicyclic) bond motifs is 3. The fraction of sp³-hybridized carbons (Fsp3) is 0.630. The van der Waals surface area contributed by atoms with E-state index >= 15 is 0 Å². The van der Waals surface area contributed by atoms with Gasteiger partial charge < -0.3 is 9.84 Å². The summed E-state index contributed by atoms with van der Waals surface area (Å²) in [6.45, 7) is 2.85. The third-order valence-corrected chi connectivity index (χ3v) is 9.63. The average molecular weight is 571 g/mol. The number of carbonyl (C=O) groups excluding carboxylic acids is 3. The van der Waals surface area contributed by atoms with E-state index < -0.39 is 29.5 Å². The zero-order chi connectivity index (χ0) is 28.5. The highest BCUT2D eigenvalue weighted by Gasteiger charge is 2.73. The number of benzene rings is 1. The first-order chi connectivity index (χ1) is 18.5. The average Bonchev–Trinajstić information content (AvgIpc) is 3.53. The molecule has 214 valence electrons. The topological polar surface area (TPSA) is 104 Å². The summed E-state index contributed by atoms with van der Waals surface area (Å²) >= 11 is 1.95. The molecule has 4 atom stereocenters. The lowest BCUT2D eigenvalue weighted by molar-refractivity contribution is -0.192. The van der Waals surface area contributed by atoms with Crippen molar-refractivity contribution in [1.29, 1.82) is 0 Å². The summed E-state index contributed by atoms with van der Waals surface area (Å²) in [5.74, 6) is -4.69. The number of hydrogen-bond acceptors (Lipinski definition) is 7. The number of amides is 2. The van der Waals surface area contributed by atoms with Gasteiger partial charge in [-0.15, -0.1) is 11.8 Å². The number of aliphatic carboxylic acids is 1. The number of imide groups is 1. The Kier molecular flexibility index (Phi) is 8.65. The fourth-order valence-electron chi connectivity index (χ4n) is 6.69. The zero-order valence-electron chi connectivity index (χ0n) is 21.9. The first kappa shape index (κ1) is 29.4. The summed E-state index contributed by atoms with van der Waals surface area (Å²) in [5.41, 5.74) is -0.0178. The molecular weight excluding hydrogens is 537 g/mol. The number of hydrogen-bond donors (Lipinski definition) is 1. The van der Waals surface area contributed by atoms with E-state index in [9.17, 15) is 27.6 Å². The van der Waals surface area contributed by atoms with E-state index in [4.69, 9.17) is 14.6 Å². The van der Waals surface area contributed by atoms with Gasteiger partial charge in [0.1, 0.15) is 5.54 Å². The summed E-state index contributed by atoms with van der Waals surface area (Å²) in [6.07, 6.45) is 2.82. The first-order valence-corrected chi connectivity index (χ1v) is 14.1. The molecular formula is C27H33F3N2O6S. The van der Waals surface area contributed by atoms with Crippen LogP contribution in [0.1, 0.15) is 63.5 Å². The van der Waals surface area contributed by atoms with Crippen LogP contribution in [0.15, 0.2) is 29.2 Å². The first-order valence-electron chi connectivity index (χ1n) is 13.2. The smallest absolute Gasteiger partial charge is 0.475 e. The number of esters is 1. The van der Waals surface area contributed by atoms with Gasteiger partial charge in [0.25, 0.3) is 0 Å². The van der Waals surface area contributed by atoms with Gasteiger partial charge in [0.2, 0.25) is 11.8 Å². The van der Waals surface area contributed by atoms with Crippen molar-refractivity contribution in [1.82, 2.24) is 9.80 Å². The molecule has 0 spiro atoms. The van der Waals surface area contributed by atoms with Crippen molar-refractivity contribution in [2.24, 2.45) is 11.8 Å². The van der Waals surface area contributed by atoms with Gasteiger partial charge in [0.05, 0.1) is 18.9 Å². The number of nitrogens with zero attached hydrogens (tertiary/aromatic N) is 2. The number of methoxy groups -OCH3 is 1. The Morgan fingerprint density at radius 3 is 2.23 bits per heavy atom. The molecule has 3 saturated heterocycles. The van der Waals surface area contributed by atoms with E-state index in [0.29, 0.717) is 24.8 Å². The van der Waals surface area contributed by atoms with Crippen LogP contribution in [0.3, 0.4) is 0 Å². The van der Waals surface area contributed by atoms with Crippen molar-refractivity contribution in [2.45, 2.75) is 79.8 Å². The SMILES string of the molecule is CCN1C(=O)C2C(c3ccc(SC4CCCCC4)cc3)N3CCC[C@@]3(C(=O)OC)C2C1=O.O=C(O)C(F)(F)F. The Balaban J connectivity index is 0.000000448. The molecule has 12 heteroatoms. The summed E-state index contributed by atoms with van der Waals surface area (Å²) in [5, 5.41) is 7.81. The van der Waals surface area contributed by atoms with Crippen LogP contribution in [0.5, 0.6) is 0 Å². The Morgan fingerprint density at radius 2 is 1.69 bits per heavy atom. The lowest BCUT2D eigenvalue weighted by atomic mass is 9.77. The Morgan fingerprint density at radius 1 is 1.08 bits per heavy atom. The van der Waals surface area contributed by atoms with Crippen molar-refractivity contribution >= 4 is 35.5 Å². The molecule has 4 aliphatic rings. The third-order valence-electron chi connectivity index (χ3n) is 8.28. The minimum Gasteiger partial charge on any atom is -0.475 e. The van der Waals surface area contributed by atoms with Crippen molar-refractivity contribution in [2.75, 3.05) is 20.2 Å². The second kappa shape index (κ2) is 11.5. The molecule has 1 aliphatic carbocycles. The number of halogens is 3. The maximum Gasteiger partial charge on any atom is 0.490 e. The second-order valence-corrected chi connectivity index (χ2v) is 11.7. The second-order valence-electron chi connectivity index (χ2n) is 10.3. The highest BCUT2D eigenvalue weighted by molar-refractivity contribution is 8.00. The minimum absolute atomic E-state index is 0.147. The zero-order valence-corrected chi connectivity index (χ0v) is 22.7. The number of likely N-dealkylation sites (tertiary alicyclic amines) is 1. The van der Waals surface area contributed by atoms with Crippen molar-refractivity contribution in [3.63, 3.8) is 0 Å². The van der Waals surface area contributed by atoms with E-state index in [1.54, 1.807) is 0 Å². The number of ether oxygens (including phenoxy) is 1. The highest BCUT2D eigenvalue weighted by Crippen LogP contribution is 2.59. The van der Waals surface area contributed by atoms with E-state index in [1.807, 2.05) is 18.7 Å². The summed E-state index contributed by atoms with van der Waals surface area (Å²) < 4.78 is 37.0. The number of carbonyl (C=O) groups is 4. The molecule has 3 heterocycles. The van der Waals surface area contributed by atoms with E-state index in [0.717, 1.165) is 12.0 Å². The van der Waals surface area contributed by atoms with Crippen LogP contribution in [0.25, 0.3) is 0 Å². The van der Waals surface area contributed by atoms with Crippen LogP contribution >= 0.6 is 11.8 Å². The van der Waals surface area contributed by atoms with E-state index in [-0.39, 0.29) is 23.8 Å². The molecule has 2 amide bonds. The van der Waals surface area contributed by atoms with Gasteiger partial charge in [-0.2, -0.15) is 13.2 Å². The van der Waals surface area contributed by atoms with Crippen molar-refractivity contribution < 1.29 is 42.2 Å². The Labute approximate surface area is 229 Å². The Hall–Kier alpha value is -2.60. The van der Waals surface area contributed by atoms with Crippen LogP contribution in [-0.4, -0.2) is 75.8 Å². The number of carboxylic acid groups (broad SMARTS) is 1. The molecule has 0 aromatic heterocycles. The van der Waals surface area contributed by atoms with Gasteiger partial charge in [0, 0.05) is 22.7 Å². The standard InChI is InChI=1S/C25H32N2O4S.C2HF3O2/c1-3-26-22(28)19-20(23(26)29)25(24(30)31-2)14-7-15-27(25)21(19)16-10-12-18(13-11-16)32-17-8-5-4-6-9-17;3-2(4,5)1(6)7/h10-13,17,19-21H,3-9,14-15H2,1-2H3;(H,6,7)/t19?,20?,21?,25-;/m0./s1. The molecule has 3 aliphatic heterocycles. The van der Waals surface area contributed by atoms with E-state index in [2.05, 4.69) is 29.2 Å². The molecule has 8 nitrogen and oxygen atoms in total. The molecule has 0 bridgehead atoms. The maximum absolute atomic E-state index is 13.3. The lowest BCUT2D eigenvalue weighted by Crippen LogP contribution is -2.54. The van der Waals surface area contributed by atoms with E-state index in [1.165, 1.54) is 49.0 Å². The Bertz CT molecular complexity index is 1110. The number of rotatable bonds is 5. The molecule has 1 saturated carbocycles. The van der Waals surface area contributed by atoms with Gasteiger partial charge in [0.15, 0.2) is 0 Å². The number of alkyl halides is 3. The molecule has 4 fully saturated rings. The van der Waals surface area contributed by atoms with Crippen LogP contribution < -0.4 is 0 Å². The van der Waals surface area contributed by atoms with Crippen molar-refractivity contribution in [3.05, 3.63) is 29.8 Å². The molecule has 0 radical (unpaired) electrons. The summed E-state index contributed by atoms with van der Waals surface area (Å²) in [7, 11) is 1.38. The molecule has 1 N–H and O–H groups in total. The van der Waals surface area contributed by atoms with Crippen LogP contribution in [-0.2, 0) is 23.9 Å². The monoisotopic (exact) mass is 570 g/mol. The molecule has 1 aromatic rings. The van der Waals surface area contributed by atoms with Gasteiger partial charge >= 0.3 is 18.1 Å². The van der Waals surface area contributed by atoms with Crippen LogP contribution in [0.4, 0.5) is 13.2 Å². The predicted octanol–water partition coefficient (Wildman–Crippen LogP) is 4.43. The summed E-state index contributed by atoms with van der Waals surface area (Å²) in [6, 6.07) is 8.23. The molecule has 3 unspecified atom stereocenters. The number of carboxylic acids is 1. The fourth-order valence-corrected chi connectivity index (χ4v) is 7.94. The van der Waals surface area contributed by atoms with Crippen molar-refractivity contribution in [3.8, 4) is 0 Å². The van der Waals surface area contributed by atoms with Gasteiger partial charge in [-0.25, -0.2) is 4.79 Å². The van der Waals surface area contributed by atoms with Crippen LogP contribution in [0.2, 0.25) is 0 Å². The summed E-state index contributed by atoms with van der Waals surface area (Å²) in [4.78, 5) is 53.4. The third kappa shape index (κ3) is 5.29. The van der Waals surface area contributed by atoms with Gasteiger partial charge in [-0.3, -0.25) is 24.2 Å². The lowest BCUT2D eigenvalue weighted by Gasteiger charge is -2.36. The van der Waals surface area contributed by atoms with Gasteiger partial charge in [-0.1, -0.05) is 31.4 Å². The molecule has 1 aromatic carbocycles. The minimum atomic E-state index is -5.08. The number of thioether (sulfide) groups is 1. The molecule has 39 heavy (non-hydrogen) atoms.